The zero-order valence-corrected chi connectivity index (χ0v) is 27.7. The van der Waals surface area contributed by atoms with Crippen LogP contribution >= 0.6 is 27.3 Å². The van der Waals surface area contributed by atoms with Gasteiger partial charge in [0.15, 0.2) is 11.6 Å². The Balaban J connectivity index is 1.13. The lowest BCUT2D eigenvalue weighted by Gasteiger charge is -2.33. The fourth-order valence-electron chi connectivity index (χ4n) is 5.57. The number of pyridine rings is 1. The lowest BCUT2D eigenvalue weighted by molar-refractivity contribution is 0.0165. The molecule has 1 saturated heterocycles. The molecule has 44 heavy (non-hydrogen) atoms. The van der Waals surface area contributed by atoms with Crippen molar-refractivity contribution < 1.29 is 14.3 Å². The predicted octanol–water partition coefficient (Wildman–Crippen LogP) is 8.07. The summed E-state index contributed by atoms with van der Waals surface area (Å²) in [6.07, 6.45) is 4.87. The van der Waals surface area contributed by atoms with Crippen molar-refractivity contribution in [3.8, 4) is 17.1 Å². The first kappa shape index (κ1) is 30.3. The third-order valence-corrected chi connectivity index (χ3v) is 9.59. The number of carbonyl (C=O) groups excluding carboxylic acids is 1. The number of ether oxygens (including phenoxy) is 2. The number of aromatic nitrogens is 3. The van der Waals surface area contributed by atoms with Gasteiger partial charge in [-0.2, -0.15) is 0 Å². The summed E-state index contributed by atoms with van der Waals surface area (Å²) in [5.74, 6) is 1.55. The number of thiophene rings is 1. The normalized spacial score (nSPS) is 15.1. The highest BCUT2D eigenvalue weighted by atomic mass is 79.9. The zero-order chi connectivity index (χ0) is 31.0. The SMILES string of the molecule is CC(c1cccc(-c2ncc(OCC3CCN(C(=O)OC(C)(C)C)CC3)cn2)c1)n1c(=O)ccc2c3cc(Br)ccc3sc21. The van der Waals surface area contributed by atoms with Gasteiger partial charge >= 0.3 is 6.09 Å². The van der Waals surface area contributed by atoms with Crippen LogP contribution in [0.25, 0.3) is 31.7 Å². The molecule has 0 N–H and O–H groups in total. The minimum atomic E-state index is -0.492. The molecule has 1 aliphatic rings. The summed E-state index contributed by atoms with van der Waals surface area (Å²) < 4.78 is 15.5. The molecule has 228 valence electrons. The van der Waals surface area contributed by atoms with Crippen LogP contribution in [0.15, 0.2) is 76.3 Å². The summed E-state index contributed by atoms with van der Waals surface area (Å²) in [7, 11) is 0. The molecule has 4 heterocycles. The third-order valence-electron chi connectivity index (χ3n) is 7.91. The van der Waals surface area contributed by atoms with Crippen molar-refractivity contribution in [3.05, 3.63) is 87.4 Å². The van der Waals surface area contributed by atoms with Gasteiger partial charge in [0.2, 0.25) is 0 Å². The standard InChI is InChI=1S/C34H35BrN4O4S/c1-21(39-30(40)11-9-27-28-17-25(35)8-10-29(28)44-32(27)39)23-6-5-7-24(16-23)31-36-18-26(19-37-31)42-20-22-12-14-38(15-13-22)33(41)43-34(2,3)4/h5-11,16-19,21-22H,12-15,20H2,1-4H3. The van der Waals surface area contributed by atoms with E-state index in [1.54, 1.807) is 34.7 Å². The quantitative estimate of drug-likeness (QED) is 0.181. The van der Waals surface area contributed by atoms with E-state index in [0.717, 1.165) is 48.7 Å². The van der Waals surface area contributed by atoms with E-state index in [9.17, 15) is 9.59 Å². The van der Waals surface area contributed by atoms with Crippen molar-refractivity contribution in [2.45, 2.75) is 52.2 Å². The Morgan fingerprint density at radius 2 is 1.80 bits per heavy atom. The Kier molecular flexibility index (Phi) is 8.48. The van der Waals surface area contributed by atoms with Crippen molar-refractivity contribution in [1.82, 2.24) is 19.4 Å². The van der Waals surface area contributed by atoms with E-state index in [0.29, 0.717) is 37.2 Å². The van der Waals surface area contributed by atoms with Crippen LogP contribution < -0.4 is 10.3 Å². The molecule has 1 amide bonds. The van der Waals surface area contributed by atoms with Gasteiger partial charge in [0.1, 0.15) is 10.4 Å². The first-order valence-electron chi connectivity index (χ1n) is 14.8. The van der Waals surface area contributed by atoms with E-state index in [4.69, 9.17) is 9.47 Å². The number of carbonyl (C=O) groups is 1. The highest BCUT2D eigenvalue weighted by molar-refractivity contribution is 9.10. The van der Waals surface area contributed by atoms with Crippen LogP contribution in [-0.4, -0.2) is 50.8 Å². The summed E-state index contributed by atoms with van der Waals surface area (Å²) in [4.78, 5) is 37.4. The molecular weight excluding hydrogens is 640 g/mol. The van der Waals surface area contributed by atoms with Gasteiger partial charge in [-0.05, 0) is 82.3 Å². The number of nitrogens with zero attached hydrogens (tertiary/aromatic N) is 4. The molecular formula is C34H35BrN4O4S. The largest absolute Gasteiger partial charge is 0.490 e. The van der Waals surface area contributed by atoms with Crippen molar-refractivity contribution in [1.29, 1.82) is 0 Å². The van der Waals surface area contributed by atoms with Crippen LogP contribution in [0.4, 0.5) is 4.79 Å². The fourth-order valence-corrected chi connectivity index (χ4v) is 7.19. The molecule has 1 atom stereocenters. The maximum Gasteiger partial charge on any atom is 0.410 e. The second kappa shape index (κ2) is 12.3. The number of benzene rings is 2. The first-order chi connectivity index (χ1) is 21.1. The molecule has 0 saturated carbocycles. The van der Waals surface area contributed by atoms with Crippen LogP contribution in [0.5, 0.6) is 5.75 Å². The average molecular weight is 676 g/mol. The van der Waals surface area contributed by atoms with Crippen molar-refractivity contribution in [3.63, 3.8) is 0 Å². The lowest BCUT2D eigenvalue weighted by Crippen LogP contribution is -2.42. The number of halogens is 1. The molecule has 0 bridgehead atoms. The summed E-state index contributed by atoms with van der Waals surface area (Å²) in [6, 6.07) is 17.7. The number of piperidine rings is 1. The van der Waals surface area contributed by atoms with Crippen molar-refractivity contribution in [2.24, 2.45) is 5.92 Å². The first-order valence-corrected chi connectivity index (χ1v) is 16.4. The van der Waals surface area contributed by atoms with Crippen LogP contribution in [0.2, 0.25) is 0 Å². The van der Waals surface area contributed by atoms with E-state index in [-0.39, 0.29) is 17.7 Å². The maximum atomic E-state index is 13.2. The second-order valence-corrected chi connectivity index (χ2v) is 14.2. The van der Waals surface area contributed by atoms with E-state index in [1.165, 1.54) is 0 Å². The van der Waals surface area contributed by atoms with E-state index >= 15 is 0 Å². The molecule has 0 radical (unpaired) electrons. The summed E-state index contributed by atoms with van der Waals surface area (Å²) in [5.41, 5.74) is 1.34. The molecule has 1 unspecified atom stereocenters. The second-order valence-electron chi connectivity index (χ2n) is 12.3. The number of fused-ring (bicyclic) bond motifs is 3. The molecule has 3 aromatic heterocycles. The molecule has 10 heteroatoms. The van der Waals surface area contributed by atoms with Gasteiger partial charge in [-0.25, -0.2) is 14.8 Å². The minimum absolute atomic E-state index is 0.0331. The summed E-state index contributed by atoms with van der Waals surface area (Å²) in [5, 5.41) is 2.21. The number of hydrogen-bond donors (Lipinski definition) is 0. The monoisotopic (exact) mass is 674 g/mol. The number of rotatable bonds is 6. The van der Waals surface area contributed by atoms with Gasteiger partial charge in [-0.15, -0.1) is 11.3 Å². The number of likely N-dealkylation sites (tertiary alicyclic amines) is 1. The Hall–Kier alpha value is -3.76. The Labute approximate surface area is 268 Å². The van der Waals surface area contributed by atoms with Gasteiger partial charge in [0, 0.05) is 44.7 Å². The molecule has 2 aromatic carbocycles. The van der Waals surface area contributed by atoms with Crippen LogP contribution in [-0.2, 0) is 4.74 Å². The third kappa shape index (κ3) is 6.51. The number of amides is 1. The van der Waals surface area contributed by atoms with Crippen molar-refractivity contribution in [2.75, 3.05) is 19.7 Å². The predicted molar refractivity (Wildman–Crippen MR) is 179 cm³/mol. The van der Waals surface area contributed by atoms with Crippen LogP contribution in [0, 0.1) is 5.92 Å². The summed E-state index contributed by atoms with van der Waals surface area (Å²) in [6.45, 7) is 9.57. The van der Waals surface area contributed by atoms with E-state index < -0.39 is 5.60 Å². The molecule has 5 aromatic rings. The average Bonchev–Trinajstić information content (AvgIpc) is 3.37. The highest BCUT2D eigenvalue weighted by Crippen LogP contribution is 2.36. The zero-order valence-electron chi connectivity index (χ0n) is 25.2. The number of hydrogen-bond acceptors (Lipinski definition) is 7. The molecule has 6 rings (SSSR count). The highest BCUT2D eigenvalue weighted by Gasteiger charge is 2.27. The molecule has 0 aliphatic carbocycles. The maximum absolute atomic E-state index is 13.2. The van der Waals surface area contributed by atoms with Gasteiger partial charge in [0.25, 0.3) is 5.56 Å². The smallest absolute Gasteiger partial charge is 0.410 e. The van der Waals surface area contributed by atoms with E-state index in [1.807, 2.05) is 61.7 Å². The van der Waals surface area contributed by atoms with Crippen LogP contribution in [0.3, 0.4) is 0 Å². The molecule has 0 spiro atoms. The van der Waals surface area contributed by atoms with Gasteiger partial charge in [-0.3, -0.25) is 9.36 Å². The van der Waals surface area contributed by atoms with E-state index in [2.05, 4.69) is 45.0 Å². The lowest BCUT2D eigenvalue weighted by atomic mass is 9.98. The Bertz CT molecular complexity index is 1870. The molecule has 1 aliphatic heterocycles. The summed E-state index contributed by atoms with van der Waals surface area (Å²) >= 11 is 5.21. The topological polar surface area (TPSA) is 86.5 Å². The van der Waals surface area contributed by atoms with Gasteiger partial charge < -0.3 is 14.4 Å². The Morgan fingerprint density at radius 3 is 2.52 bits per heavy atom. The van der Waals surface area contributed by atoms with Gasteiger partial charge in [-0.1, -0.05) is 34.1 Å². The van der Waals surface area contributed by atoms with Crippen LogP contribution in [0.1, 0.15) is 52.1 Å². The minimum Gasteiger partial charge on any atom is -0.490 e. The Morgan fingerprint density at radius 1 is 1.05 bits per heavy atom. The molecule has 1 fully saturated rings. The fraction of sp³-hybridized carbons (Fsp3) is 0.353. The van der Waals surface area contributed by atoms with Gasteiger partial charge in [0.05, 0.1) is 25.0 Å². The molecule has 8 nitrogen and oxygen atoms in total. The van der Waals surface area contributed by atoms with Crippen molar-refractivity contribution >= 4 is 53.7 Å².